The van der Waals surface area contributed by atoms with Gasteiger partial charge in [-0.05, 0) is 63.5 Å². The standard InChI is InChI=1S/C23H32N4O4/c1-16-12-19-14-20(19)13-17(2)30-31-23(29-16)10-8-18(9-11-23)15-28-22(24)27(26-25)21-6-4-3-5-7-21/h3-7,12,16-18,20,24-25H,8-11,13-15H2,1-2H3/b19-12-,24-22?,26-25?. The molecule has 2 fully saturated rings. The second-order valence-electron chi connectivity index (χ2n) is 8.91. The van der Waals surface area contributed by atoms with Crippen LogP contribution in [0.15, 0.2) is 47.2 Å². The molecule has 1 aromatic carbocycles. The highest BCUT2D eigenvalue weighted by molar-refractivity contribution is 5.88. The lowest BCUT2D eigenvalue weighted by Crippen LogP contribution is -2.43. The first kappa shape index (κ1) is 21.9. The van der Waals surface area contributed by atoms with Gasteiger partial charge in [0.05, 0.1) is 24.5 Å². The molecule has 2 saturated carbocycles. The van der Waals surface area contributed by atoms with Crippen LogP contribution in [0.1, 0.15) is 52.4 Å². The minimum absolute atomic E-state index is 0.00363. The molecule has 1 aromatic rings. The molecule has 1 spiro atoms. The second kappa shape index (κ2) is 9.46. The van der Waals surface area contributed by atoms with Gasteiger partial charge in [-0.2, -0.15) is 10.5 Å². The molecule has 1 aliphatic heterocycles. The average Bonchev–Trinajstić information content (AvgIpc) is 3.49. The third-order valence-corrected chi connectivity index (χ3v) is 6.29. The number of hydrogen-bond acceptors (Lipinski definition) is 7. The molecule has 0 saturated heterocycles. The predicted molar refractivity (Wildman–Crippen MR) is 115 cm³/mol. The normalized spacial score (nSPS) is 34.7. The van der Waals surface area contributed by atoms with Crippen LogP contribution < -0.4 is 5.01 Å². The molecule has 3 aliphatic rings. The van der Waals surface area contributed by atoms with Crippen molar-refractivity contribution in [3.8, 4) is 0 Å². The maximum atomic E-state index is 8.18. The number of ether oxygens (including phenoxy) is 2. The Balaban J connectivity index is 1.30. The van der Waals surface area contributed by atoms with Gasteiger partial charge in [0.2, 0.25) is 5.79 Å². The molecule has 0 amide bonds. The summed E-state index contributed by atoms with van der Waals surface area (Å²) in [6.07, 6.45) is 7.54. The number of para-hydroxylation sites is 1. The molecule has 8 nitrogen and oxygen atoms in total. The van der Waals surface area contributed by atoms with Crippen LogP contribution in [0.4, 0.5) is 5.69 Å². The monoisotopic (exact) mass is 428 g/mol. The van der Waals surface area contributed by atoms with Gasteiger partial charge < -0.3 is 9.47 Å². The Labute approximate surface area is 183 Å². The van der Waals surface area contributed by atoms with E-state index in [9.17, 15) is 0 Å². The van der Waals surface area contributed by atoms with E-state index in [1.165, 1.54) is 10.6 Å². The lowest BCUT2D eigenvalue weighted by atomic mass is 9.85. The lowest BCUT2D eigenvalue weighted by molar-refractivity contribution is -0.455. The van der Waals surface area contributed by atoms with E-state index in [4.69, 9.17) is 30.2 Å². The van der Waals surface area contributed by atoms with E-state index in [1.807, 2.05) is 18.2 Å². The Hall–Kier alpha value is -2.29. The van der Waals surface area contributed by atoms with Crippen molar-refractivity contribution >= 4 is 11.7 Å². The van der Waals surface area contributed by atoms with Gasteiger partial charge in [-0.15, -0.1) is 0 Å². The number of hydrogen-bond donors (Lipinski definition) is 2. The molecule has 3 unspecified atom stereocenters. The Morgan fingerprint density at radius 2 is 1.97 bits per heavy atom. The van der Waals surface area contributed by atoms with Crippen LogP contribution in [-0.4, -0.2) is 30.6 Å². The van der Waals surface area contributed by atoms with E-state index < -0.39 is 5.79 Å². The van der Waals surface area contributed by atoms with Crippen LogP contribution in [0, 0.1) is 22.8 Å². The molecule has 31 heavy (non-hydrogen) atoms. The third-order valence-electron chi connectivity index (χ3n) is 6.29. The number of amidine groups is 1. The van der Waals surface area contributed by atoms with Crippen molar-refractivity contribution in [3.05, 3.63) is 42.0 Å². The summed E-state index contributed by atoms with van der Waals surface area (Å²) in [7, 11) is 0. The van der Waals surface area contributed by atoms with Crippen molar-refractivity contribution in [2.75, 3.05) is 11.6 Å². The SMILES string of the molecule is CC1/C=C2/CC2CC(C)OOC2(CCC(COC(=N)N(N=N)c3ccccc3)CC2)O1. The summed E-state index contributed by atoms with van der Waals surface area (Å²) in [4.78, 5) is 11.6. The van der Waals surface area contributed by atoms with Gasteiger partial charge in [0.1, 0.15) is 0 Å². The molecular weight excluding hydrogens is 396 g/mol. The van der Waals surface area contributed by atoms with Crippen molar-refractivity contribution < 1.29 is 19.2 Å². The van der Waals surface area contributed by atoms with E-state index in [1.54, 1.807) is 12.1 Å². The minimum Gasteiger partial charge on any atom is -0.463 e. The van der Waals surface area contributed by atoms with Gasteiger partial charge in [-0.25, -0.2) is 15.2 Å². The van der Waals surface area contributed by atoms with Gasteiger partial charge in [0.25, 0.3) is 0 Å². The second-order valence-corrected chi connectivity index (χ2v) is 8.91. The van der Waals surface area contributed by atoms with Gasteiger partial charge in [-0.3, -0.25) is 0 Å². The molecule has 3 atom stereocenters. The van der Waals surface area contributed by atoms with E-state index in [0.717, 1.165) is 25.7 Å². The van der Waals surface area contributed by atoms with Crippen LogP contribution in [0.3, 0.4) is 0 Å². The number of benzene rings is 1. The molecule has 0 bridgehead atoms. The quantitative estimate of drug-likeness (QED) is 0.168. The zero-order chi connectivity index (χ0) is 21.8. The van der Waals surface area contributed by atoms with Gasteiger partial charge >= 0.3 is 6.02 Å². The highest BCUT2D eigenvalue weighted by atomic mass is 17.2. The van der Waals surface area contributed by atoms with Gasteiger partial charge in [-0.1, -0.05) is 35.1 Å². The van der Waals surface area contributed by atoms with Crippen LogP contribution in [-0.2, 0) is 19.2 Å². The Bertz CT molecular complexity index is 807. The van der Waals surface area contributed by atoms with Crippen molar-refractivity contribution in [2.24, 2.45) is 17.1 Å². The topological polar surface area (TPSA) is 100 Å². The summed E-state index contributed by atoms with van der Waals surface area (Å²) < 4.78 is 12.0. The van der Waals surface area contributed by atoms with E-state index >= 15 is 0 Å². The zero-order valence-electron chi connectivity index (χ0n) is 18.3. The van der Waals surface area contributed by atoms with Crippen LogP contribution in [0.2, 0.25) is 0 Å². The first-order chi connectivity index (χ1) is 15.0. The van der Waals surface area contributed by atoms with Crippen molar-refractivity contribution in [3.63, 3.8) is 0 Å². The minimum atomic E-state index is -0.733. The molecule has 8 heteroatoms. The number of nitrogens with zero attached hydrogens (tertiary/aromatic N) is 2. The number of allylic oxidation sites excluding steroid dienone is 1. The van der Waals surface area contributed by atoms with Crippen molar-refractivity contribution in [1.29, 1.82) is 10.9 Å². The molecule has 0 aromatic heterocycles. The van der Waals surface area contributed by atoms with Crippen LogP contribution in [0.5, 0.6) is 0 Å². The molecule has 0 radical (unpaired) electrons. The lowest BCUT2D eigenvalue weighted by Gasteiger charge is -2.40. The number of anilines is 1. The first-order valence-electron chi connectivity index (χ1n) is 11.1. The fourth-order valence-electron chi connectivity index (χ4n) is 4.50. The summed E-state index contributed by atoms with van der Waals surface area (Å²) in [5.41, 5.74) is 9.48. The van der Waals surface area contributed by atoms with Gasteiger partial charge in [0.15, 0.2) is 0 Å². The first-order valence-corrected chi connectivity index (χ1v) is 11.1. The number of nitrogens with one attached hydrogen (secondary N) is 2. The predicted octanol–water partition coefficient (Wildman–Crippen LogP) is 5.37. The van der Waals surface area contributed by atoms with Gasteiger partial charge in [0, 0.05) is 12.8 Å². The number of rotatable bonds is 4. The van der Waals surface area contributed by atoms with E-state index in [2.05, 4.69) is 25.1 Å². The Kier molecular flexibility index (Phi) is 6.69. The highest BCUT2D eigenvalue weighted by Crippen LogP contribution is 2.45. The Morgan fingerprint density at radius 3 is 2.68 bits per heavy atom. The summed E-state index contributed by atoms with van der Waals surface area (Å²) in [5.74, 6) is 0.159. The summed E-state index contributed by atoms with van der Waals surface area (Å²) in [6.45, 7) is 4.51. The van der Waals surface area contributed by atoms with Crippen LogP contribution in [0.25, 0.3) is 0 Å². The third kappa shape index (κ3) is 5.50. The van der Waals surface area contributed by atoms with Crippen molar-refractivity contribution in [1.82, 2.24) is 0 Å². The maximum Gasteiger partial charge on any atom is 0.311 e. The highest BCUT2D eigenvalue weighted by Gasteiger charge is 2.42. The fourth-order valence-corrected chi connectivity index (χ4v) is 4.50. The van der Waals surface area contributed by atoms with E-state index in [-0.39, 0.29) is 24.1 Å². The molecule has 4 rings (SSSR count). The van der Waals surface area contributed by atoms with E-state index in [0.29, 0.717) is 31.1 Å². The summed E-state index contributed by atoms with van der Waals surface area (Å²) >= 11 is 0. The molecule has 1 heterocycles. The van der Waals surface area contributed by atoms with Crippen LogP contribution >= 0.6 is 0 Å². The molecular formula is C23H32N4O4. The summed E-state index contributed by atoms with van der Waals surface area (Å²) in [5, 5.41) is 12.8. The molecule has 2 aliphatic carbocycles. The number of fused-ring (bicyclic) bond motifs is 1. The smallest absolute Gasteiger partial charge is 0.311 e. The average molecular weight is 429 g/mol. The van der Waals surface area contributed by atoms with Crippen molar-refractivity contribution in [2.45, 2.75) is 70.4 Å². The molecule has 2 N–H and O–H groups in total. The summed E-state index contributed by atoms with van der Waals surface area (Å²) in [6, 6.07) is 8.98. The molecule has 168 valence electrons. The largest absolute Gasteiger partial charge is 0.463 e. The maximum absolute atomic E-state index is 8.18. The Morgan fingerprint density at radius 1 is 1.23 bits per heavy atom. The fraction of sp³-hybridized carbons (Fsp3) is 0.609. The zero-order valence-corrected chi connectivity index (χ0v) is 18.3.